The van der Waals surface area contributed by atoms with Crippen molar-refractivity contribution in [1.82, 2.24) is 14.7 Å². The lowest BCUT2D eigenvalue weighted by Crippen LogP contribution is -2.42. The van der Waals surface area contributed by atoms with E-state index in [0.29, 0.717) is 41.7 Å². The van der Waals surface area contributed by atoms with Crippen LogP contribution in [0.5, 0.6) is 5.75 Å². The summed E-state index contributed by atoms with van der Waals surface area (Å²) in [5.74, 6) is -0.660. The lowest BCUT2D eigenvalue weighted by molar-refractivity contribution is -0.141. The van der Waals surface area contributed by atoms with Crippen LogP contribution in [0.15, 0.2) is 18.3 Å². The summed E-state index contributed by atoms with van der Waals surface area (Å²) in [6, 6.07) is 3.46. The SMILES string of the molecule is Cc1c(Cl)ccc(OC2CCN(C[C@@H](O)Cn3cc(C(N)=O)c(C(F)(F)F)n3)CC2)c1Cl. The first-order valence-corrected chi connectivity index (χ1v) is 10.7. The number of carbonyl (C=O) groups excluding carboxylic acids is 1. The predicted octanol–water partition coefficient (Wildman–Crippen LogP) is 3.52. The van der Waals surface area contributed by atoms with Gasteiger partial charge in [-0.3, -0.25) is 9.48 Å². The van der Waals surface area contributed by atoms with Crippen molar-refractivity contribution in [2.45, 2.75) is 44.7 Å². The molecule has 0 radical (unpaired) electrons. The van der Waals surface area contributed by atoms with Crippen molar-refractivity contribution >= 4 is 29.1 Å². The van der Waals surface area contributed by atoms with Crippen LogP contribution >= 0.6 is 23.2 Å². The van der Waals surface area contributed by atoms with Crippen LogP contribution in [0, 0.1) is 6.92 Å². The summed E-state index contributed by atoms with van der Waals surface area (Å²) >= 11 is 12.3. The predicted molar refractivity (Wildman–Crippen MR) is 113 cm³/mol. The summed E-state index contributed by atoms with van der Waals surface area (Å²) in [6.45, 7) is 3.11. The molecule has 1 aromatic heterocycles. The number of rotatable bonds is 7. The Bertz CT molecular complexity index is 976. The molecule has 1 saturated heterocycles. The van der Waals surface area contributed by atoms with Crippen LogP contribution in [0.2, 0.25) is 10.0 Å². The van der Waals surface area contributed by atoms with Crippen molar-refractivity contribution in [3.63, 3.8) is 0 Å². The zero-order valence-corrected chi connectivity index (χ0v) is 18.7. The smallest absolute Gasteiger partial charge is 0.435 e. The third-order valence-electron chi connectivity index (χ3n) is 5.28. The van der Waals surface area contributed by atoms with Gasteiger partial charge < -0.3 is 20.5 Å². The number of likely N-dealkylation sites (tertiary alicyclic amines) is 1. The summed E-state index contributed by atoms with van der Waals surface area (Å²) in [5.41, 5.74) is 3.68. The number of aromatic nitrogens is 2. The van der Waals surface area contributed by atoms with Crippen LogP contribution < -0.4 is 10.5 Å². The summed E-state index contributed by atoms with van der Waals surface area (Å²) in [6.07, 6.45) is -3.56. The lowest BCUT2D eigenvalue weighted by atomic mass is 10.1. The Morgan fingerprint density at radius 3 is 2.53 bits per heavy atom. The molecule has 2 aromatic rings. The van der Waals surface area contributed by atoms with Crippen LogP contribution in [0.25, 0.3) is 0 Å². The molecule has 32 heavy (non-hydrogen) atoms. The van der Waals surface area contributed by atoms with E-state index >= 15 is 0 Å². The first-order chi connectivity index (χ1) is 15.0. The molecular formula is C20H23Cl2F3N4O3. The van der Waals surface area contributed by atoms with Gasteiger partial charge in [-0.2, -0.15) is 18.3 Å². The molecule has 176 valence electrons. The monoisotopic (exact) mass is 494 g/mol. The molecule has 1 aromatic carbocycles. The molecule has 1 fully saturated rings. The second-order valence-electron chi connectivity index (χ2n) is 7.73. The number of alkyl halides is 3. The topological polar surface area (TPSA) is 93.6 Å². The number of hydrogen-bond acceptors (Lipinski definition) is 5. The molecule has 1 aliphatic heterocycles. The minimum absolute atomic E-state index is 0.0555. The van der Waals surface area contributed by atoms with Crippen LogP contribution in [0.4, 0.5) is 13.2 Å². The number of aliphatic hydroxyl groups excluding tert-OH is 1. The number of nitrogens with zero attached hydrogens (tertiary/aromatic N) is 3. The van der Waals surface area contributed by atoms with Gasteiger partial charge in [0.25, 0.3) is 5.91 Å². The largest absolute Gasteiger partial charge is 0.489 e. The highest BCUT2D eigenvalue weighted by molar-refractivity contribution is 6.36. The number of piperidine rings is 1. The Balaban J connectivity index is 1.52. The van der Waals surface area contributed by atoms with E-state index < -0.39 is 29.4 Å². The van der Waals surface area contributed by atoms with Gasteiger partial charge in [-0.15, -0.1) is 0 Å². The van der Waals surface area contributed by atoms with Gasteiger partial charge >= 0.3 is 6.18 Å². The molecule has 0 saturated carbocycles. The van der Waals surface area contributed by atoms with E-state index in [0.717, 1.165) is 16.4 Å². The third kappa shape index (κ3) is 5.86. The number of aliphatic hydroxyl groups is 1. The zero-order chi connectivity index (χ0) is 23.6. The second kappa shape index (κ2) is 9.86. The van der Waals surface area contributed by atoms with Gasteiger partial charge in [0.05, 0.1) is 23.2 Å². The van der Waals surface area contributed by atoms with Crippen LogP contribution in [-0.4, -0.2) is 57.5 Å². The molecule has 1 atom stereocenters. The number of hydrogen-bond donors (Lipinski definition) is 2. The quantitative estimate of drug-likeness (QED) is 0.614. The standard InChI is InChI=1S/C20H23Cl2F3N4O3/c1-11-15(21)2-3-16(17(11)22)32-13-4-6-28(7-5-13)8-12(30)9-29-10-14(19(26)31)18(27-29)20(23,24)25/h2-3,10,12-13,30H,4-9H2,1H3,(H2,26,31)/t12-/m1/s1. The average molecular weight is 495 g/mol. The van der Waals surface area contributed by atoms with Crippen molar-refractivity contribution in [3.8, 4) is 5.75 Å². The maximum Gasteiger partial charge on any atom is 0.435 e. The maximum atomic E-state index is 13.0. The van der Waals surface area contributed by atoms with Gasteiger partial charge in [0.1, 0.15) is 11.9 Å². The van der Waals surface area contributed by atoms with E-state index in [1.165, 1.54) is 0 Å². The molecule has 0 bridgehead atoms. The summed E-state index contributed by atoms with van der Waals surface area (Å²) in [4.78, 5) is 13.3. The zero-order valence-electron chi connectivity index (χ0n) is 17.2. The van der Waals surface area contributed by atoms with Crippen LogP contribution in [0.1, 0.15) is 34.5 Å². The van der Waals surface area contributed by atoms with E-state index in [4.69, 9.17) is 33.7 Å². The molecule has 12 heteroatoms. The second-order valence-corrected chi connectivity index (χ2v) is 8.52. The first-order valence-electron chi connectivity index (χ1n) is 9.91. The number of β-amino-alcohol motifs (C(OH)–C–C–N with tert-alkyl or cyclic N) is 1. The lowest BCUT2D eigenvalue weighted by Gasteiger charge is -2.33. The summed E-state index contributed by atoms with van der Waals surface area (Å²) in [5, 5.41) is 14.8. The summed E-state index contributed by atoms with van der Waals surface area (Å²) < 4.78 is 45.9. The minimum atomic E-state index is -4.81. The van der Waals surface area contributed by atoms with E-state index in [9.17, 15) is 23.1 Å². The molecule has 3 N–H and O–H groups in total. The number of benzene rings is 1. The Kier molecular flexibility index (Phi) is 7.59. The van der Waals surface area contributed by atoms with Gasteiger partial charge in [-0.1, -0.05) is 23.2 Å². The number of nitrogens with two attached hydrogens (primary N) is 1. The molecule has 7 nitrogen and oxygen atoms in total. The maximum absolute atomic E-state index is 13.0. The van der Waals surface area contributed by atoms with Crippen LogP contribution in [0.3, 0.4) is 0 Å². The number of halogens is 5. The molecule has 0 spiro atoms. The molecule has 2 heterocycles. The number of amides is 1. The number of primary amides is 1. The van der Waals surface area contributed by atoms with Gasteiger partial charge in [-0.05, 0) is 37.5 Å². The number of carbonyl (C=O) groups is 1. The van der Waals surface area contributed by atoms with Gasteiger partial charge in [0.15, 0.2) is 5.69 Å². The Morgan fingerprint density at radius 1 is 1.31 bits per heavy atom. The molecule has 0 aliphatic carbocycles. The average Bonchev–Trinajstić information content (AvgIpc) is 3.14. The van der Waals surface area contributed by atoms with E-state index in [1.54, 1.807) is 12.1 Å². The Morgan fingerprint density at radius 2 is 1.97 bits per heavy atom. The van der Waals surface area contributed by atoms with Crippen molar-refractivity contribution < 1.29 is 27.8 Å². The molecule has 3 rings (SSSR count). The van der Waals surface area contributed by atoms with Crippen molar-refractivity contribution in [2.24, 2.45) is 5.73 Å². The number of ether oxygens (including phenoxy) is 1. The van der Waals surface area contributed by atoms with Crippen LogP contribution in [-0.2, 0) is 12.7 Å². The third-order valence-corrected chi connectivity index (χ3v) is 6.15. The van der Waals surface area contributed by atoms with Crippen molar-refractivity contribution in [3.05, 3.63) is 45.2 Å². The van der Waals surface area contributed by atoms with E-state index in [1.807, 2.05) is 11.8 Å². The molecule has 1 amide bonds. The highest BCUT2D eigenvalue weighted by Gasteiger charge is 2.39. The Hall–Kier alpha value is -2.01. The fourth-order valence-corrected chi connectivity index (χ4v) is 4.01. The normalized spacial score (nSPS) is 16.8. The van der Waals surface area contributed by atoms with Gasteiger partial charge in [0.2, 0.25) is 0 Å². The molecular weight excluding hydrogens is 472 g/mol. The van der Waals surface area contributed by atoms with Gasteiger partial charge in [-0.25, -0.2) is 0 Å². The van der Waals surface area contributed by atoms with Crippen molar-refractivity contribution in [1.29, 1.82) is 0 Å². The Labute approximate surface area is 192 Å². The summed E-state index contributed by atoms with van der Waals surface area (Å²) in [7, 11) is 0. The first kappa shape index (κ1) is 24.6. The molecule has 0 unspecified atom stereocenters. The highest BCUT2D eigenvalue weighted by Crippen LogP contribution is 2.34. The van der Waals surface area contributed by atoms with Gasteiger partial charge in [0, 0.05) is 30.9 Å². The fraction of sp³-hybridized carbons (Fsp3) is 0.500. The highest BCUT2D eigenvalue weighted by atomic mass is 35.5. The van der Waals surface area contributed by atoms with Crippen molar-refractivity contribution in [2.75, 3.05) is 19.6 Å². The minimum Gasteiger partial charge on any atom is -0.489 e. The van der Waals surface area contributed by atoms with E-state index in [-0.39, 0.29) is 19.2 Å². The van der Waals surface area contributed by atoms with E-state index in [2.05, 4.69) is 5.10 Å². The molecule has 1 aliphatic rings. The fourth-order valence-electron chi connectivity index (χ4n) is 3.59.